The van der Waals surface area contributed by atoms with Gasteiger partial charge in [-0.1, -0.05) is 188 Å². The number of benzene rings is 11. The van der Waals surface area contributed by atoms with E-state index in [9.17, 15) is 0 Å². The molecule has 0 N–H and O–H groups in total. The Labute approximate surface area is 420 Å². The second kappa shape index (κ2) is 16.0. The van der Waals surface area contributed by atoms with Gasteiger partial charge in [0, 0.05) is 74.2 Å². The molecule has 0 amide bonds. The van der Waals surface area contributed by atoms with Crippen molar-refractivity contribution in [3.63, 3.8) is 0 Å². The maximum Gasteiger partial charge on any atom is 0.252 e. The zero-order chi connectivity index (χ0) is 46.6. The van der Waals surface area contributed by atoms with E-state index in [-0.39, 0.29) is 6.71 Å². The van der Waals surface area contributed by atoms with Gasteiger partial charge in [-0.05, 0) is 110 Å². The summed E-state index contributed by atoms with van der Waals surface area (Å²) >= 11 is 3.76. The highest BCUT2D eigenvalue weighted by atomic mass is 32.1. The maximum atomic E-state index is 2.56. The molecule has 0 saturated carbocycles. The SMILES string of the molecule is c1ccc(-c2ccccc2N2c3ccc(-c4cccc5sc6ccccc6c45)cc3B3c4cc(-c5cccc6sc7ccccc7c56)ccc4N(c4ccccc4-c4ccccc4)c4cccc2c43)cc1. The molecule has 13 aromatic rings. The van der Waals surface area contributed by atoms with Gasteiger partial charge in [0.05, 0.1) is 11.4 Å². The quantitative estimate of drug-likeness (QED) is 0.153. The van der Waals surface area contributed by atoms with Crippen molar-refractivity contribution >= 4 is 120 Å². The first kappa shape index (κ1) is 40.4. The molecule has 0 saturated heterocycles. The molecule has 2 aliphatic rings. The molecule has 11 aromatic carbocycles. The van der Waals surface area contributed by atoms with Crippen LogP contribution in [-0.2, 0) is 0 Å². The second-order valence-corrected chi connectivity index (χ2v) is 20.8. The summed E-state index contributed by atoms with van der Waals surface area (Å²) < 4.78 is 5.24. The van der Waals surface area contributed by atoms with E-state index in [1.165, 1.54) is 124 Å². The van der Waals surface area contributed by atoms with Crippen molar-refractivity contribution in [1.82, 2.24) is 0 Å². The Morgan fingerprint density at radius 2 is 0.648 bits per heavy atom. The highest BCUT2D eigenvalue weighted by molar-refractivity contribution is 7.26. The second-order valence-electron chi connectivity index (χ2n) is 18.7. The summed E-state index contributed by atoms with van der Waals surface area (Å²) in [5.41, 5.74) is 20.6. The van der Waals surface area contributed by atoms with Gasteiger partial charge >= 0.3 is 0 Å². The molecular weight excluding hydrogens is 896 g/mol. The average Bonchev–Trinajstić information content (AvgIpc) is 4.02. The van der Waals surface area contributed by atoms with E-state index in [1.54, 1.807) is 0 Å². The predicted octanol–water partition coefficient (Wildman–Crippen LogP) is 17.2. The number of hydrogen-bond acceptors (Lipinski definition) is 4. The predicted molar refractivity (Wildman–Crippen MR) is 308 cm³/mol. The fourth-order valence-electron chi connectivity index (χ4n) is 11.9. The molecule has 0 aliphatic carbocycles. The third-order valence-corrected chi connectivity index (χ3v) is 17.1. The van der Waals surface area contributed by atoms with E-state index in [2.05, 4.69) is 259 Å². The molecular formula is C66H41BN2S2. The van der Waals surface area contributed by atoms with Gasteiger partial charge in [-0.25, -0.2) is 0 Å². The van der Waals surface area contributed by atoms with Crippen molar-refractivity contribution in [1.29, 1.82) is 0 Å². The van der Waals surface area contributed by atoms with E-state index >= 15 is 0 Å². The number of hydrogen-bond donors (Lipinski definition) is 0. The van der Waals surface area contributed by atoms with E-state index in [4.69, 9.17) is 0 Å². The van der Waals surface area contributed by atoms with E-state index in [0.717, 1.165) is 11.4 Å². The van der Waals surface area contributed by atoms with Crippen molar-refractivity contribution < 1.29 is 0 Å². The molecule has 4 heterocycles. The van der Waals surface area contributed by atoms with Gasteiger partial charge in [0.15, 0.2) is 0 Å². The van der Waals surface area contributed by atoms with Gasteiger partial charge in [0.2, 0.25) is 0 Å². The lowest BCUT2D eigenvalue weighted by atomic mass is 9.33. The molecule has 0 spiro atoms. The Bertz CT molecular complexity index is 4000. The van der Waals surface area contributed by atoms with Crippen LogP contribution in [0.25, 0.3) is 84.9 Å². The third-order valence-electron chi connectivity index (χ3n) is 14.9. The van der Waals surface area contributed by atoms with Gasteiger partial charge in [0.1, 0.15) is 0 Å². The number of para-hydroxylation sites is 2. The summed E-state index contributed by atoms with van der Waals surface area (Å²) in [4.78, 5) is 5.12. The zero-order valence-electron chi connectivity index (χ0n) is 38.5. The van der Waals surface area contributed by atoms with Crippen molar-refractivity contribution in [2.75, 3.05) is 9.80 Å². The standard InChI is InChI=1S/C66H41BN2S2/c1-3-18-42(19-4-1)46-22-7-11-28-54(46)68-56-38-36-44(48-26-15-34-62-64(48)50-24-9-13-32-60(50)70-62)40-52(56)67-53-41-45(49-27-16-35-63-65(49)51-25-10-14-33-61(51)71-63)37-39-57(53)69(59-31-17-30-58(68)66(59)67)55-29-12-8-23-47(55)43-20-5-2-6-21-43/h1-41H. The van der Waals surface area contributed by atoms with Crippen LogP contribution < -0.4 is 26.2 Å². The summed E-state index contributed by atoms with van der Waals surface area (Å²) in [7, 11) is 0. The highest BCUT2D eigenvalue weighted by Crippen LogP contribution is 2.50. The van der Waals surface area contributed by atoms with E-state index in [0.29, 0.717) is 0 Å². The first-order valence-corrected chi connectivity index (χ1v) is 26.0. The molecule has 2 aromatic heterocycles. The molecule has 71 heavy (non-hydrogen) atoms. The first-order valence-electron chi connectivity index (χ1n) is 24.4. The van der Waals surface area contributed by atoms with Gasteiger partial charge in [-0.3, -0.25) is 0 Å². The van der Waals surface area contributed by atoms with Crippen LogP contribution in [0.4, 0.5) is 34.1 Å². The van der Waals surface area contributed by atoms with Crippen LogP contribution in [0.5, 0.6) is 0 Å². The first-order chi connectivity index (χ1) is 35.2. The molecule has 330 valence electrons. The lowest BCUT2D eigenvalue weighted by Gasteiger charge is -2.45. The van der Waals surface area contributed by atoms with Gasteiger partial charge in [0.25, 0.3) is 6.71 Å². The molecule has 0 atom stereocenters. The monoisotopic (exact) mass is 936 g/mol. The smallest absolute Gasteiger partial charge is 0.252 e. The number of nitrogens with zero attached hydrogens (tertiary/aromatic N) is 2. The average molecular weight is 937 g/mol. The Morgan fingerprint density at radius 3 is 1.14 bits per heavy atom. The largest absolute Gasteiger partial charge is 0.311 e. The Hall–Kier alpha value is -8.48. The Kier molecular flexibility index (Phi) is 9.13. The minimum absolute atomic E-state index is 0.0942. The van der Waals surface area contributed by atoms with Crippen LogP contribution in [0.15, 0.2) is 249 Å². The molecule has 2 aliphatic heterocycles. The van der Waals surface area contributed by atoms with Crippen LogP contribution in [0.3, 0.4) is 0 Å². The highest BCUT2D eigenvalue weighted by Gasteiger charge is 2.44. The summed E-state index contributed by atoms with van der Waals surface area (Å²) in [6, 6.07) is 92.7. The number of fused-ring (bicyclic) bond motifs is 10. The van der Waals surface area contributed by atoms with Gasteiger partial charge < -0.3 is 9.80 Å². The maximum absolute atomic E-state index is 2.56. The Balaban J connectivity index is 1.05. The number of anilines is 6. The van der Waals surface area contributed by atoms with E-state index in [1.807, 2.05) is 22.7 Å². The molecule has 0 fully saturated rings. The third kappa shape index (κ3) is 6.20. The lowest BCUT2D eigenvalue weighted by Crippen LogP contribution is -2.61. The summed E-state index contributed by atoms with van der Waals surface area (Å²) in [5.74, 6) is 0. The van der Waals surface area contributed by atoms with Crippen LogP contribution in [0, 0.1) is 0 Å². The van der Waals surface area contributed by atoms with Crippen molar-refractivity contribution in [2.24, 2.45) is 0 Å². The fraction of sp³-hybridized carbons (Fsp3) is 0. The fourth-order valence-corrected chi connectivity index (χ4v) is 14.2. The minimum Gasteiger partial charge on any atom is -0.311 e. The van der Waals surface area contributed by atoms with Crippen LogP contribution in [-0.4, -0.2) is 6.71 Å². The molecule has 0 radical (unpaired) electrons. The molecule has 5 heteroatoms. The lowest BCUT2D eigenvalue weighted by molar-refractivity contribution is 1.25. The van der Waals surface area contributed by atoms with Crippen molar-refractivity contribution in [3.05, 3.63) is 249 Å². The normalized spacial score (nSPS) is 12.7. The summed E-state index contributed by atoms with van der Waals surface area (Å²) in [6.45, 7) is -0.0942. The molecule has 2 nitrogen and oxygen atoms in total. The number of rotatable bonds is 6. The topological polar surface area (TPSA) is 6.48 Å². The van der Waals surface area contributed by atoms with Crippen LogP contribution in [0.2, 0.25) is 0 Å². The van der Waals surface area contributed by atoms with Gasteiger partial charge in [-0.2, -0.15) is 0 Å². The minimum atomic E-state index is -0.0942. The van der Waals surface area contributed by atoms with Crippen molar-refractivity contribution in [3.8, 4) is 44.5 Å². The Morgan fingerprint density at radius 1 is 0.268 bits per heavy atom. The van der Waals surface area contributed by atoms with Gasteiger partial charge in [-0.15, -0.1) is 22.7 Å². The van der Waals surface area contributed by atoms with Crippen LogP contribution in [0.1, 0.15) is 0 Å². The van der Waals surface area contributed by atoms with Crippen LogP contribution >= 0.6 is 22.7 Å². The van der Waals surface area contributed by atoms with E-state index < -0.39 is 0 Å². The molecule has 15 rings (SSSR count). The number of thiophene rings is 2. The summed E-state index contributed by atoms with van der Waals surface area (Å²) in [6.07, 6.45) is 0. The molecule has 0 bridgehead atoms. The zero-order valence-corrected chi connectivity index (χ0v) is 40.1. The molecule has 0 unspecified atom stereocenters. The summed E-state index contributed by atoms with van der Waals surface area (Å²) in [5, 5.41) is 5.26. The van der Waals surface area contributed by atoms with Crippen molar-refractivity contribution in [2.45, 2.75) is 0 Å².